The molecular weight excluding hydrogens is 440 g/mol. The highest BCUT2D eigenvalue weighted by molar-refractivity contribution is 9.10. The van der Waals surface area contributed by atoms with Gasteiger partial charge in [-0.2, -0.15) is 5.10 Å². The number of rotatable bonds is 8. The summed E-state index contributed by atoms with van der Waals surface area (Å²) in [6, 6.07) is 11.1. The van der Waals surface area contributed by atoms with Gasteiger partial charge in [0.15, 0.2) is 11.5 Å². The molecule has 138 valence electrons. The highest BCUT2D eigenvalue weighted by atomic mass is 79.9. The van der Waals surface area contributed by atoms with E-state index in [-0.39, 0.29) is 5.91 Å². The van der Waals surface area contributed by atoms with E-state index < -0.39 is 0 Å². The van der Waals surface area contributed by atoms with Gasteiger partial charge in [0.2, 0.25) is 5.91 Å². The molecule has 0 bridgehead atoms. The lowest BCUT2D eigenvalue weighted by Gasteiger charge is -2.10. The second-order valence-corrected chi connectivity index (χ2v) is 7.54. The van der Waals surface area contributed by atoms with Crippen LogP contribution in [0.1, 0.15) is 12.0 Å². The Hall–Kier alpha value is -1.70. The van der Waals surface area contributed by atoms with Crippen molar-refractivity contribution in [3.8, 4) is 11.5 Å². The van der Waals surface area contributed by atoms with Crippen LogP contribution in [0.4, 0.5) is 0 Å². The summed E-state index contributed by atoms with van der Waals surface area (Å²) in [6.45, 7) is 0. The van der Waals surface area contributed by atoms with Gasteiger partial charge < -0.3 is 9.47 Å². The quantitative estimate of drug-likeness (QED) is 0.353. The van der Waals surface area contributed by atoms with Gasteiger partial charge in [-0.25, -0.2) is 5.43 Å². The molecule has 0 aliphatic rings. The Labute approximate surface area is 170 Å². The predicted octanol–water partition coefficient (Wildman–Crippen LogP) is 4.75. The maximum atomic E-state index is 11.9. The van der Waals surface area contributed by atoms with Crippen LogP contribution < -0.4 is 14.9 Å². The van der Waals surface area contributed by atoms with Crippen molar-refractivity contribution in [1.29, 1.82) is 0 Å². The third-order valence-corrected chi connectivity index (χ3v) is 5.13. The maximum absolute atomic E-state index is 11.9. The zero-order chi connectivity index (χ0) is 18.9. The van der Waals surface area contributed by atoms with Crippen molar-refractivity contribution in [2.24, 2.45) is 5.10 Å². The topological polar surface area (TPSA) is 59.9 Å². The second kappa shape index (κ2) is 10.4. The van der Waals surface area contributed by atoms with Crippen LogP contribution in [0.25, 0.3) is 0 Å². The second-order valence-electron chi connectivity index (χ2n) is 5.08. The van der Waals surface area contributed by atoms with Gasteiger partial charge in [-0.3, -0.25) is 4.79 Å². The monoisotopic (exact) mass is 456 g/mol. The van der Waals surface area contributed by atoms with Crippen LogP contribution in [0, 0.1) is 0 Å². The zero-order valence-corrected chi connectivity index (χ0v) is 17.5. The minimum Gasteiger partial charge on any atom is -0.493 e. The Morgan fingerprint density at radius 2 is 2.00 bits per heavy atom. The minimum absolute atomic E-state index is 0.151. The summed E-state index contributed by atoms with van der Waals surface area (Å²) in [6.07, 6.45) is 1.91. The van der Waals surface area contributed by atoms with Crippen molar-refractivity contribution in [3.05, 3.63) is 51.5 Å². The van der Waals surface area contributed by atoms with E-state index in [4.69, 9.17) is 21.1 Å². The summed E-state index contributed by atoms with van der Waals surface area (Å²) in [5.74, 6) is 1.69. The highest BCUT2D eigenvalue weighted by Crippen LogP contribution is 2.35. The van der Waals surface area contributed by atoms with Gasteiger partial charge >= 0.3 is 0 Å². The molecule has 0 heterocycles. The van der Waals surface area contributed by atoms with E-state index >= 15 is 0 Å². The van der Waals surface area contributed by atoms with Crippen LogP contribution >= 0.6 is 39.3 Å². The average Bonchev–Trinajstić information content (AvgIpc) is 2.63. The Morgan fingerprint density at radius 1 is 1.27 bits per heavy atom. The first-order valence-corrected chi connectivity index (χ1v) is 9.81. The molecule has 2 aromatic carbocycles. The largest absolute Gasteiger partial charge is 0.493 e. The highest BCUT2D eigenvalue weighted by Gasteiger charge is 2.09. The van der Waals surface area contributed by atoms with Gasteiger partial charge in [-0.15, -0.1) is 11.8 Å². The first-order chi connectivity index (χ1) is 12.5. The lowest BCUT2D eigenvalue weighted by atomic mass is 10.2. The molecule has 0 atom stereocenters. The van der Waals surface area contributed by atoms with Crippen LogP contribution in [-0.4, -0.2) is 32.1 Å². The fourth-order valence-electron chi connectivity index (χ4n) is 2.04. The van der Waals surface area contributed by atoms with E-state index in [1.165, 1.54) is 0 Å². The van der Waals surface area contributed by atoms with Crippen LogP contribution in [0.5, 0.6) is 11.5 Å². The van der Waals surface area contributed by atoms with E-state index in [0.717, 1.165) is 14.9 Å². The molecular formula is C18H18BrClN2O3S. The lowest BCUT2D eigenvalue weighted by molar-refractivity contribution is -0.120. The molecule has 0 saturated heterocycles. The van der Waals surface area contributed by atoms with Crippen molar-refractivity contribution >= 4 is 51.4 Å². The smallest absolute Gasteiger partial charge is 0.240 e. The summed E-state index contributed by atoms with van der Waals surface area (Å²) in [4.78, 5) is 12.9. The third-order valence-electron chi connectivity index (χ3n) is 3.27. The Balaban J connectivity index is 1.83. The molecule has 0 aromatic heterocycles. The molecule has 5 nitrogen and oxygen atoms in total. The Morgan fingerprint density at radius 3 is 2.65 bits per heavy atom. The first-order valence-electron chi connectivity index (χ1n) is 7.65. The van der Waals surface area contributed by atoms with Gasteiger partial charge in [0.1, 0.15) is 0 Å². The van der Waals surface area contributed by atoms with E-state index in [0.29, 0.717) is 28.7 Å². The minimum atomic E-state index is -0.151. The number of nitrogens with zero attached hydrogens (tertiary/aromatic N) is 1. The Bertz CT molecular complexity index is 785. The van der Waals surface area contributed by atoms with Crippen molar-refractivity contribution in [1.82, 2.24) is 5.43 Å². The number of hydrazone groups is 1. The number of nitrogens with one attached hydrogen (secondary N) is 1. The van der Waals surface area contributed by atoms with Crippen LogP contribution in [-0.2, 0) is 4.79 Å². The van der Waals surface area contributed by atoms with Crippen LogP contribution in [0.15, 0.2) is 50.9 Å². The number of methoxy groups -OCH3 is 2. The number of amides is 1. The molecule has 0 spiro atoms. The number of benzene rings is 2. The van der Waals surface area contributed by atoms with Crippen LogP contribution in [0.3, 0.4) is 0 Å². The van der Waals surface area contributed by atoms with Gasteiger partial charge in [0.05, 0.1) is 24.9 Å². The SMILES string of the molecule is COc1cc(/C=N\NC(=O)CCSc2ccc(Cl)cc2)cc(Br)c1OC. The standard InChI is InChI=1S/C18H18BrClN2O3S/c1-24-16-10-12(9-15(19)18(16)25-2)11-21-22-17(23)7-8-26-14-5-3-13(20)4-6-14/h3-6,9-11H,7-8H2,1-2H3,(H,22,23)/b21-11-. The number of halogens is 2. The number of thioether (sulfide) groups is 1. The fraction of sp³-hybridized carbons (Fsp3) is 0.222. The van der Waals surface area contributed by atoms with Crippen molar-refractivity contribution in [2.75, 3.05) is 20.0 Å². The number of carbonyl (C=O) groups is 1. The molecule has 2 rings (SSSR count). The summed E-state index contributed by atoms with van der Waals surface area (Å²) < 4.78 is 11.3. The molecule has 0 unspecified atom stereocenters. The number of carbonyl (C=O) groups excluding carboxylic acids is 1. The molecule has 26 heavy (non-hydrogen) atoms. The van der Waals surface area contributed by atoms with Gasteiger partial charge in [-0.05, 0) is 57.9 Å². The maximum Gasteiger partial charge on any atom is 0.240 e. The molecule has 0 aliphatic carbocycles. The van der Waals surface area contributed by atoms with Gasteiger partial charge in [0.25, 0.3) is 0 Å². The number of ether oxygens (including phenoxy) is 2. The summed E-state index contributed by atoms with van der Waals surface area (Å²) in [5, 5.41) is 4.68. The summed E-state index contributed by atoms with van der Waals surface area (Å²) >= 11 is 10.8. The third kappa shape index (κ3) is 6.23. The first kappa shape index (κ1) is 20.6. The van der Waals surface area contributed by atoms with Gasteiger partial charge in [0, 0.05) is 22.1 Å². The van der Waals surface area contributed by atoms with Crippen molar-refractivity contribution in [3.63, 3.8) is 0 Å². The molecule has 8 heteroatoms. The number of hydrogen-bond acceptors (Lipinski definition) is 5. The van der Waals surface area contributed by atoms with Crippen LogP contribution in [0.2, 0.25) is 5.02 Å². The number of hydrogen-bond donors (Lipinski definition) is 1. The van der Waals surface area contributed by atoms with Crippen molar-refractivity contribution < 1.29 is 14.3 Å². The van der Waals surface area contributed by atoms with E-state index in [2.05, 4.69) is 26.5 Å². The summed E-state index contributed by atoms with van der Waals surface area (Å²) in [7, 11) is 3.13. The lowest BCUT2D eigenvalue weighted by Crippen LogP contribution is -2.17. The fourth-order valence-corrected chi connectivity index (χ4v) is 3.64. The predicted molar refractivity (Wildman–Crippen MR) is 110 cm³/mol. The van der Waals surface area contributed by atoms with Gasteiger partial charge in [-0.1, -0.05) is 11.6 Å². The normalized spacial score (nSPS) is 10.8. The zero-order valence-electron chi connectivity index (χ0n) is 14.3. The van der Waals surface area contributed by atoms with Crippen molar-refractivity contribution in [2.45, 2.75) is 11.3 Å². The molecule has 2 aromatic rings. The molecule has 0 fully saturated rings. The van der Waals surface area contributed by atoms with E-state index in [1.807, 2.05) is 30.3 Å². The molecule has 1 N–H and O–H groups in total. The Kier molecular flexibility index (Phi) is 8.28. The molecule has 0 saturated carbocycles. The average molecular weight is 458 g/mol. The van der Waals surface area contributed by atoms with E-state index in [1.54, 1.807) is 38.3 Å². The summed E-state index contributed by atoms with van der Waals surface area (Å²) in [5.41, 5.74) is 3.29. The molecule has 0 aliphatic heterocycles. The molecule has 0 radical (unpaired) electrons. The van der Waals surface area contributed by atoms with E-state index in [9.17, 15) is 4.79 Å². The molecule has 1 amide bonds.